The van der Waals surface area contributed by atoms with Crippen molar-refractivity contribution in [1.82, 2.24) is 10.2 Å². The Morgan fingerprint density at radius 3 is 2.44 bits per heavy atom. The molecule has 2 saturated carbocycles. The van der Waals surface area contributed by atoms with Crippen molar-refractivity contribution < 1.29 is 9.18 Å². The van der Waals surface area contributed by atoms with E-state index < -0.39 is 6.17 Å². The predicted octanol–water partition coefficient (Wildman–Crippen LogP) is 4.65. The van der Waals surface area contributed by atoms with Crippen LogP contribution in [0.25, 0.3) is 0 Å². The fraction of sp³-hybridized carbons (Fsp3) is 0.850. The van der Waals surface area contributed by atoms with E-state index in [0.717, 1.165) is 62.8 Å². The van der Waals surface area contributed by atoms with Crippen LogP contribution in [-0.4, -0.2) is 35.2 Å². The number of rotatable bonds is 2. The SMILES string of the molecule is O=C1C2CCCCC2NC(C2=C(Cl)CCCC2)N1C1CCC(F)CC1. The fourth-order valence-corrected chi connectivity index (χ4v) is 5.71. The first-order chi connectivity index (χ1) is 12.1. The highest BCUT2D eigenvalue weighted by Gasteiger charge is 2.46. The van der Waals surface area contributed by atoms with Gasteiger partial charge in [0.2, 0.25) is 5.91 Å². The Hall–Kier alpha value is -0.610. The fourth-order valence-electron chi connectivity index (χ4n) is 5.38. The quantitative estimate of drug-likeness (QED) is 0.769. The molecule has 0 spiro atoms. The van der Waals surface area contributed by atoms with E-state index in [1.165, 1.54) is 12.0 Å². The molecular weight excluding hydrogens is 339 g/mol. The predicted molar refractivity (Wildman–Crippen MR) is 98.0 cm³/mol. The maximum atomic E-state index is 13.7. The molecule has 0 aromatic heterocycles. The molecule has 25 heavy (non-hydrogen) atoms. The lowest BCUT2D eigenvalue weighted by Gasteiger charge is -2.51. The number of hydrogen-bond donors (Lipinski definition) is 1. The van der Waals surface area contributed by atoms with Gasteiger partial charge < -0.3 is 4.90 Å². The van der Waals surface area contributed by atoms with Crippen molar-refractivity contribution in [3.8, 4) is 0 Å². The number of amides is 1. The number of alkyl halides is 1. The van der Waals surface area contributed by atoms with Gasteiger partial charge in [-0.25, -0.2) is 4.39 Å². The Morgan fingerprint density at radius 1 is 0.960 bits per heavy atom. The van der Waals surface area contributed by atoms with Crippen LogP contribution in [0.3, 0.4) is 0 Å². The highest BCUT2D eigenvalue weighted by molar-refractivity contribution is 6.30. The highest BCUT2D eigenvalue weighted by atomic mass is 35.5. The van der Waals surface area contributed by atoms with E-state index in [2.05, 4.69) is 10.2 Å². The summed E-state index contributed by atoms with van der Waals surface area (Å²) >= 11 is 6.61. The van der Waals surface area contributed by atoms with Crippen LogP contribution >= 0.6 is 11.6 Å². The minimum Gasteiger partial charge on any atom is -0.320 e. The van der Waals surface area contributed by atoms with Gasteiger partial charge in [-0.15, -0.1) is 0 Å². The highest BCUT2D eigenvalue weighted by Crippen LogP contribution is 2.39. The first-order valence-electron chi connectivity index (χ1n) is 10.2. The maximum absolute atomic E-state index is 13.7. The zero-order valence-corrected chi connectivity index (χ0v) is 15.7. The molecule has 1 saturated heterocycles. The molecular formula is C20H30ClFN2O. The molecule has 0 aromatic rings. The normalized spacial score (nSPS) is 40.2. The largest absolute Gasteiger partial charge is 0.320 e. The third kappa shape index (κ3) is 3.49. The lowest BCUT2D eigenvalue weighted by Crippen LogP contribution is -2.67. The second-order valence-corrected chi connectivity index (χ2v) is 8.81. The molecule has 0 radical (unpaired) electrons. The van der Waals surface area contributed by atoms with Gasteiger partial charge in [-0.2, -0.15) is 0 Å². The number of carbonyl (C=O) groups is 1. The Bertz CT molecular complexity index is 544. The van der Waals surface area contributed by atoms with E-state index in [4.69, 9.17) is 11.6 Å². The Balaban J connectivity index is 1.64. The average molecular weight is 369 g/mol. The van der Waals surface area contributed by atoms with Crippen LogP contribution in [0.1, 0.15) is 77.0 Å². The van der Waals surface area contributed by atoms with Crippen LogP contribution in [0.5, 0.6) is 0 Å². The molecule has 3 unspecified atom stereocenters. The van der Waals surface area contributed by atoms with Gasteiger partial charge in [-0.3, -0.25) is 10.1 Å². The second-order valence-electron chi connectivity index (χ2n) is 8.36. The summed E-state index contributed by atoms with van der Waals surface area (Å²) in [7, 11) is 0. The summed E-state index contributed by atoms with van der Waals surface area (Å²) in [5, 5.41) is 4.77. The van der Waals surface area contributed by atoms with Gasteiger partial charge in [0.15, 0.2) is 0 Å². The molecule has 4 aliphatic rings. The van der Waals surface area contributed by atoms with Gasteiger partial charge in [-0.1, -0.05) is 24.4 Å². The molecule has 3 aliphatic carbocycles. The molecule has 1 heterocycles. The Labute approximate surface area is 155 Å². The zero-order valence-electron chi connectivity index (χ0n) is 15.0. The molecule has 1 amide bonds. The van der Waals surface area contributed by atoms with Gasteiger partial charge in [-0.05, 0) is 69.8 Å². The van der Waals surface area contributed by atoms with E-state index in [1.54, 1.807) is 0 Å². The summed E-state index contributed by atoms with van der Waals surface area (Å²) in [5.74, 6) is 0.411. The van der Waals surface area contributed by atoms with Gasteiger partial charge in [0.25, 0.3) is 0 Å². The standard InChI is InChI=1S/C20H30ClFN2O/c21-17-7-3-1-5-15(17)19-23-18-8-4-2-6-16(18)20(25)24(19)14-11-9-13(22)10-12-14/h13-14,16,18-19,23H,1-12H2. The minimum atomic E-state index is -0.692. The van der Waals surface area contributed by atoms with Crippen molar-refractivity contribution in [2.75, 3.05) is 0 Å². The van der Waals surface area contributed by atoms with Crippen molar-refractivity contribution in [3.05, 3.63) is 10.6 Å². The molecule has 4 rings (SSSR count). The number of nitrogens with zero attached hydrogens (tertiary/aromatic N) is 1. The molecule has 5 heteroatoms. The molecule has 1 N–H and O–H groups in total. The van der Waals surface area contributed by atoms with E-state index in [0.29, 0.717) is 24.8 Å². The first-order valence-corrected chi connectivity index (χ1v) is 10.6. The zero-order chi connectivity index (χ0) is 17.4. The number of allylic oxidation sites excluding steroid dienone is 1. The summed E-state index contributed by atoms with van der Waals surface area (Å²) in [6, 6.07) is 0.456. The first kappa shape index (κ1) is 17.8. The number of carbonyl (C=O) groups excluding carboxylic acids is 1. The second kappa shape index (κ2) is 7.56. The van der Waals surface area contributed by atoms with Crippen LogP contribution in [0, 0.1) is 5.92 Å². The van der Waals surface area contributed by atoms with Gasteiger partial charge in [0.05, 0.1) is 5.92 Å². The molecule has 3 atom stereocenters. The van der Waals surface area contributed by atoms with Crippen LogP contribution in [-0.2, 0) is 4.79 Å². The smallest absolute Gasteiger partial charge is 0.229 e. The lowest BCUT2D eigenvalue weighted by molar-refractivity contribution is -0.149. The molecule has 0 bridgehead atoms. The molecule has 3 nitrogen and oxygen atoms in total. The summed E-state index contributed by atoms with van der Waals surface area (Å²) in [6.07, 6.45) is 10.6. The van der Waals surface area contributed by atoms with Crippen molar-refractivity contribution >= 4 is 17.5 Å². The number of hydrogen-bond acceptors (Lipinski definition) is 2. The van der Waals surface area contributed by atoms with E-state index >= 15 is 0 Å². The van der Waals surface area contributed by atoms with Crippen LogP contribution < -0.4 is 5.32 Å². The number of nitrogens with one attached hydrogen (secondary N) is 1. The van der Waals surface area contributed by atoms with Crippen molar-refractivity contribution in [2.24, 2.45) is 5.92 Å². The van der Waals surface area contributed by atoms with Gasteiger partial charge >= 0.3 is 0 Å². The molecule has 140 valence electrons. The molecule has 0 aromatic carbocycles. The minimum absolute atomic E-state index is 0.0548. The molecule has 1 aliphatic heterocycles. The summed E-state index contributed by atoms with van der Waals surface area (Å²) in [5.41, 5.74) is 1.23. The van der Waals surface area contributed by atoms with Gasteiger partial charge in [0.1, 0.15) is 12.3 Å². The Morgan fingerprint density at radius 2 is 1.68 bits per heavy atom. The number of fused-ring (bicyclic) bond motifs is 1. The monoisotopic (exact) mass is 368 g/mol. The third-order valence-electron chi connectivity index (χ3n) is 6.78. The topological polar surface area (TPSA) is 32.3 Å². The van der Waals surface area contributed by atoms with Crippen LogP contribution in [0.15, 0.2) is 10.6 Å². The van der Waals surface area contributed by atoms with E-state index in [1.807, 2.05) is 0 Å². The van der Waals surface area contributed by atoms with Crippen molar-refractivity contribution in [1.29, 1.82) is 0 Å². The maximum Gasteiger partial charge on any atom is 0.229 e. The van der Waals surface area contributed by atoms with E-state index in [9.17, 15) is 9.18 Å². The lowest BCUT2D eigenvalue weighted by atomic mass is 9.79. The third-order valence-corrected chi connectivity index (χ3v) is 7.21. The summed E-state index contributed by atoms with van der Waals surface area (Å²) in [4.78, 5) is 15.5. The number of halogens is 2. The summed E-state index contributed by atoms with van der Waals surface area (Å²) in [6.45, 7) is 0. The van der Waals surface area contributed by atoms with Crippen LogP contribution in [0.2, 0.25) is 0 Å². The Kier molecular flexibility index (Phi) is 5.38. The van der Waals surface area contributed by atoms with Crippen LogP contribution in [0.4, 0.5) is 4.39 Å². The molecule has 3 fully saturated rings. The van der Waals surface area contributed by atoms with Crippen molar-refractivity contribution in [2.45, 2.75) is 101 Å². The average Bonchev–Trinajstić information content (AvgIpc) is 2.63. The van der Waals surface area contributed by atoms with Gasteiger partial charge in [0, 0.05) is 17.1 Å². The van der Waals surface area contributed by atoms with E-state index in [-0.39, 0.29) is 18.1 Å². The summed E-state index contributed by atoms with van der Waals surface area (Å²) < 4.78 is 13.7. The van der Waals surface area contributed by atoms with Crippen molar-refractivity contribution in [3.63, 3.8) is 0 Å².